The molecule has 0 atom stereocenters. The van der Waals surface area contributed by atoms with Crippen LogP contribution in [0.4, 0.5) is 0 Å². The Bertz CT molecular complexity index is 599. The number of aryl methyl sites for hydroxylation is 2. The molecule has 0 aromatic carbocycles. The first-order chi connectivity index (χ1) is 10.7. The number of hydrogen-bond acceptors (Lipinski definition) is 5. The highest BCUT2D eigenvalue weighted by atomic mass is 16.5. The molecule has 2 aromatic rings. The monoisotopic (exact) mass is 303 g/mol. The Balaban J connectivity index is 1.42. The van der Waals surface area contributed by atoms with E-state index in [0.717, 1.165) is 44.2 Å². The molecule has 1 aliphatic heterocycles. The van der Waals surface area contributed by atoms with Crippen LogP contribution in [-0.2, 0) is 17.9 Å². The lowest BCUT2D eigenvalue weighted by Gasteiger charge is -2.34. The predicted octanol–water partition coefficient (Wildman–Crippen LogP) is 0.914. The number of carbonyl (C=O) groups excluding carboxylic acids is 1. The SMILES string of the molecule is Cc1cc(CN2CCN(C(=O)CCn3cccn3)CC2)on1. The van der Waals surface area contributed by atoms with Crippen LogP contribution in [0.3, 0.4) is 0 Å². The van der Waals surface area contributed by atoms with E-state index in [2.05, 4.69) is 15.2 Å². The second-order valence-electron chi connectivity index (χ2n) is 5.61. The zero-order chi connectivity index (χ0) is 15.4. The topological polar surface area (TPSA) is 67.4 Å². The van der Waals surface area contributed by atoms with Gasteiger partial charge >= 0.3 is 0 Å². The van der Waals surface area contributed by atoms with Gasteiger partial charge in [0.05, 0.1) is 12.2 Å². The molecule has 0 radical (unpaired) electrons. The molecule has 0 saturated carbocycles. The van der Waals surface area contributed by atoms with Crippen molar-refractivity contribution in [2.75, 3.05) is 26.2 Å². The number of nitrogens with zero attached hydrogens (tertiary/aromatic N) is 5. The molecule has 0 aliphatic carbocycles. The Morgan fingerprint density at radius 3 is 2.77 bits per heavy atom. The maximum Gasteiger partial charge on any atom is 0.224 e. The van der Waals surface area contributed by atoms with E-state index in [-0.39, 0.29) is 5.91 Å². The molecule has 3 heterocycles. The molecule has 118 valence electrons. The normalized spacial score (nSPS) is 16.1. The first-order valence-electron chi connectivity index (χ1n) is 7.60. The number of rotatable bonds is 5. The standard InChI is InChI=1S/C15H21N5O2/c1-13-11-14(22-17-13)12-18-7-9-19(10-8-18)15(21)3-6-20-5-2-4-16-20/h2,4-5,11H,3,6-10,12H2,1H3. The highest BCUT2D eigenvalue weighted by Crippen LogP contribution is 2.10. The van der Waals surface area contributed by atoms with E-state index >= 15 is 0 Å². The van der Waals surface area contributed by atoms with Gasteiger partial charge in [-0.1, -0.05) is 5.16 Å². The van der Waals surface area contributed by atoms with Crippen molar-refractivity contribution in [1.29, 1.82) is 0 Å². The van der Waals surface area contributed by atoms with Crippen LogP contribution in [0.2, 0.25) is 0 Å². The molecule has 1 fully saturated rings. The number of piperazine rings is 1. The first-order valence-corrected chi connectivity index (χ1v) is 7.60. The van der Waals surface area contributed by atoms with Crippen molar-refractivity contribution in [3.63, 3.8) is 0 Å². The zero-order valence-electron chi connectivity index (χ0n) is 12.8. The van der Waals surface area contributed by atoms with E-state index in [4.69, 9.17) is 4.52 Å². The number of aromatic nitrogens is 3. The Hall–Kier alpha value is -2.15. The minimum Gasteiger partial charge on any atom is -0.360 e. The molecule has 0 unspecified atom stereocenters. The van der Waals surface area contributed by atoms with Crippen LogP contribution in [0.5, 0.6) is 0 Å². The van der Waals surface area contributed by atoms with Gasteiger partial charge in [0.2, 0.25) is 5.91 Å². The number of carbonyl (C=O) groups is 1. The van der Waals surface area contributed by atoms with Gasteiger partial charge in [-0.2, -0.15) is 5.10 Å². The van der Waals surface area contributed by atoms with Crippen LogP contribution in [-0.4, -0.2) is 56.8 Å². The Labute approximate surface area is 129 Å². The maximum atomic E-state index is 12.2. The third-order valence-corrected chi connectivity index (χ3v) is 3.90. The van der Waals surface area contributed by atoms with Crippen molar-refractivity contribution in [2.24, 2.45) is 0 Å². The van der Waals surface area contributed by atoms with E-state index < -0.39 is 0 Å². The van der Waals surface area contributed by atoms with Crippen LogP contribution in [0.25, 0.3) is 0 Å². The Morgan fingerprint density at radius 2 is 2.14 bits per heavy atom. The molecular formula is C15H21N5O2. The molecule has 2 aromatic heterocycles. The van der Waals surface area contributed by atoms with Gasteiger partial charge in [-0.05, 0) is 13.0 Å². The van der Waals surface area contributed by atoms with Gasteiger partial charge in [0.15, 0.2) is 5.76 Å². The van der Waals surface area contributed by atoms with E-state index in [1.807, 2.05) is 30.2 Å². The zero-order valence-corrected chi connectivity index (χ0v) is 12.8. The lowest BCUT2D eigenvalue weighted by atomic mass is 10.2. The smallest absolute Gasteiger partial charge is 0.224 e. The fourth-order valence-electron chi connectivity index (χ4n) is 2.67. The summed E-state index contributed by atoms with van der Waals surface area (Å²) in [6.07, 6.45) is 4.11. The van der Waals surface area contributed by atoms with Gasteiger partial charge in [-0.15, -0.1) is 0 Å². The second-order valence-corrected chi connectivity index (χ2v) is 5.61. The van der Waals surface area contributed by atoms with Gasteiger partial charge in [0, 0.05) is 57.6 Å². The average Bonchev–Trinajstić information content (AvgIpc) is 3.17. The molecule has 7 heteroatoms. The maximum absolute atomic E-state index is 12.2. The van der Waals surface area contributed by atoms with Gasteiger partial charge in [-0.25, -0.2) is 0 Å². The summed E-state index contributed by atoms with van der Waals surface area (Å²) in [5.41, 5.74) is 0.905. The third-order valence-electron chi connectivity index (χ3n) is 3.90. The Kier molecular flexibility index (Phi) is 4.53. The second kappa shape index (κ2) is 6.74. The van der Waals surface area contributed by atoms with Crippen LogP contribution in [0.1, 0.15) is 17.9 Å². The molecule has 0 bridgehead atoms. The molecule has 22 heavy (non-hydrogen) atoms. The quantitative estimate of drug-likeness (QED) is 0.821. The number of hydrogen-bond donors (Lipinski definition) is 0. The largest absolute Gasteiger partial charge is 0.360 e. The summed E-state index contributed by atoms with van der Waals surface area (Å²) in [6, 6.07) is 3.83. The Morgan fingerprint density at radius 1 is 1.32 bits per heavy atom. The predicted molar refractivity (Wildman–Crippen MR) is 79.9 cm³/mol. The van der Waals surface area contributed by atoms with Crippen LogP contribution in [0.15, 0.2) is 29.0 Å². The van der Waals surface area contributed by atoms with E-state index in [1.54, 1.807) is 10.9 Å². The van der Waals surface area contributed by atoms with Crippen LogP contribution in [0, 0.1) is 6.92 Å². The fourth-order valence-corrected chi connectivity index (χ4v) is 2.67. The fraction of sp³-hybridized carbons (Fsp3) is 0.533. The van der Waals surface area contributed by atoms with Gasteiger partial charge in [0.1, 0.15) is 0 Å². The van der Waals surface area contributed by atoms with Crippen molar-refractivity contribution in [3.8, 4) is 0 Å². The molecule has 1 saturated heterocycles. The van der Waals surface area contributed by atoms with E-state index in [0.29, 0.717) is 13.0 Å². The van der Waals surface area contributed by atoms with Gasteiger partial charge < -0.3 is 9.42 Å². The highest BCUT2D eigenvalue weighted by molar-refractivity contribution is 5.76. The summed E-state index contributed by atoms with van der Waals surface area (Å²) in [5.74, 6) is 1.08. The summed E-state index contributed by atoms with van der Waals surface area (Å²) in [7, 11) is 0. The third kappa shape index (κ3) is 3.73. The molecule has 3 rings (SSSR count). The molecular weight excluding hydrogens is 282 g/mol. The summed E-state index contributed by atoms with van der Waals surface area (Å²) in [4.78, 5) is 16.4. The van der Waals surface area contributed by atoms with Crippen molar-refractivity contribution in [1.82, 2.24) is 24.7 Å². The van der Waals surface area contributed by atoms with Crippen molar-refractivity contribution >= 4 is 5.91 Å². The molecule has 0 N–H and O–H groups in total. The van der Waals surface area contributed by atoms with Gasteiger partial charge in [-0.3, -0.25) is 14.4 Å². The minimum atomic E-state index is 0.200. The molecule has 1 amide bonds. The lowest BCUT2D eigenvalue weighted by molar-refractivity contribution is -0.133. The van der Waals surface area contributed by atoms with Crippen LogP contribution < -0.4 is 0 Å². The minimum absolute atomic E-state index is 0.200. The summed E-state index contributed by atoms with van der Waals surface area (Å²) < 4.78 is 7.03. The molecule has 7 nitrogen and oxygen atoms in total. The lowest BCUT2D eigenvalue weighted by Crippen LogP contribution is -2.48. The summed E-state index contributed by atoms with van der Waals surface area (Å²) in [6.45, 7) is 6.60. The van der Waals surface area contributed by atoms with Crippen molar-refractivity contribution in [3.05, 3.63) is 36.0 Å². The van der Waals surface area contributed by atoms with E-state index in [9.17, 15) is 4.79 Å². The van der Waals surface area contributed by atoms with E-state index in [1.165, 1.54) is 0 Å². The average molecular weight is 303 g/mol. The number of amides is 1. The van der Waals surface area contributed by atoms with Crippen molar-refractivity contribution < 1.29 is 9.32 Å². The molecule has 1 aliphatic rings. The molecule has 0 spiro atoms. The summed E-state index contributed by atoms with van der Waals surface area (Å²) in [5, 5.41) is 8.02. The summed E-state index contributed by atoms with van der Waals surface area (Å²) >= 11 is 0. The van der Waals surface area contributed by atoms with Gasteiger partial charge in [0.25, 0.3) is 0 Å². The van der Waals surface area contributed by atoms with Crippen molar-refractivity contribution in [2.45, 2.75) is 26.4 Å². The first kappa shape index (κ1) is 14.8. The van der Waals surface area contributed by atoms with Crippen LogP contribution >= 0.6 is 0 Å². The highest BCUT2D eigenvalue weighted by Gasteiger charge is 2.21.